The average Bonchev–Trinajstić information content (AvgIpc) is 2.39. The fourth-order valence-electron chi connectivity index (χ4n) is 2.45. The van der Waals surface area contributed by atoms with Crippen LogP contribution in [0.4, 0.5) is 0 Å². The van der Waals surface area contributed by atoms with Crippen LogP contribution in [0.1, 0.15) is 45.4 Å². The van der Waals surface area contributed by atoms with Gasteiger partial charge in [-0.2, -0.15) is 0 Å². The van der Waals surface area contributed by atoms with Crippen LogP contribution in [0.2, 0.25) is 0 Å². The zero-order valence-corrected chi connectivity index (χ0v) is 11.2. The van der Waals surface area contributed by atoms with Gasteiger partial charge in [-0.3, -0.25) is 9.59 Å². The second-order valence-electron chi connectivity index (χ2n) is 4.86. The molecule has 0 bridgehead atoms. The highest BCUT2D eigenvalue weighted by atomic mass is 16.5. The maximum absolute atomic E-state index is 12.1. The summed E-state index contributed by atoms with van der Waals surface area (Å²) in [6.07, 6.45) is 5.23. The van der Waals surface area contributed by atoms with Gasteiger partial charge in [0.1, 0.15) is 0 Å². The van der Waals surface area contributed by atoms with Crippen LogP contribution < -0.4 is 11.1 Å². The van der Waals surface area contributed by atoms with Gasteiger partial charge in [-0.1, -0.05) is 19.3 Å². The lowest BCUT2D eigenvalue weighted by Crippen LogP contribution is -2.47. The van der Waals surface area contributed by atoms with E-state index in [2.05, 4.69) is 5.32 Å². The summed E-state index contributed by atoms with van der Waals surface area (Å²) in [5.41, 5.74) is 5.36. The average molecular weight is 256 g/mol. The molecule has 1 rings (SSSR count). The van der Waals surface area contributed by atoms with E-state index in [9.17, 15) is 9.59 Å². The van der Waals surface area contributed by atoms with Crippen LogP contribution in [-0.2, 0) is 14.3 Å². The lowest BCUT2D eigenvalue weighted by Gasteiger charge is -2.34. The number of carbonyl (C=O) groups is 2. The molecular weight excluding hydrogens is 232 g/mol. The normalized spacial score (nSPS) is 18.1. The van der Waals surface area contributed by atoms with Gasteiger partial charge >= 0.3 is 5.97 Å². The molecule has 1 amide bonds. The van der Waals surface area contributed by atoms with Crippen molar-refractivity contribution in [2.75, 3.05) is 19.7 Å². The van der Waals surface area contributed by atoms with Crippen molar-refractivity contribution in [1.29, 1.82) is 0 Å². The largest absolute Gasteiger partial charge is 0.466 e. The number of esters is 1. The Bertz CT molecular complexity index is 286. The van der Waals surface area contributed by atoms with Crippen molar-refractivity contribution in [3.05, 3.63) is 0 Å². The van der Waals surface area contributed by atoms with Gasteiger partial charge < -0.3 is 15.8 Å². The Kier molecular flexibility index (Phi) is 6.12. The molecule has 1 fully saturated rings. The second kappa shape index (κ2) is 7.36. The highest BCUT2D eigenvalue weighted by molar-refractivity contribution is 5.83. The molecule has 0 saturated heterocycles. The lowest BCUT2D eigenvalue weighted by atomic mass is 9.73. The van der Waals surface area contributed by atoms with E-state index in [1.807, 2.05) is 0 Å². The standard InChI is InChI=1S/C13H24N2O3/c1-2-18-11(16)6-9-15-12(17)13(10-14)7-4-3-5-8-13/h2-10,14H2,1H3,(H,15,17). The quantitative estimate of drug-likeness (QED) is 0.694. The van der Waals surface area contributed by atoms with E-state index >= 15 is 0 Å². The van der Waals surface area contributed by atoms with Crippen molar-refractivity contribution in [2.24, 2.45) is 11.1 Å². The number of ether oxygens (including phenoxy) is 1. The molecule has 0 aromatic rings. The Labute approximate surface area is 108 Å². The third-order valence-electron chi connectivity index (χ3n) is 3.60. The highest BCUT2D eigenvalue weighted by Crippen LogP contribution is 2.35. The number of rotatable bonds is 6. The minimum absolute atomic E-state index is 0.00556. The zero-order chi connectivity index (χ0) is 13.4. The van der Waals surface area contributed by atoms with E-state index in [0.717, 1.165) is 25.7 Å². The molecule has 0 atom stereocenters. The Morgan fingerprint density at radius 1 is 1.28 bits per heavy atom. The SMILES string of the molecule is CCOC(=O)CCNC(=O)C1(CN)CCCCC1. The van der Waals surface area contributed by atoms with E-state index in [4.69, 9.17) is 10.5 Å². The van der Waals surface area contributed by atoms with Crippen LogP contribution in [0.5, 0.6) is 0 Å². The first-order valence-electron chi connectivity index (χ1n) is 6.78. The molecule has 0 aromatic heterocycles. The summed E-state index contributed by atoms with van der Waals surface area (Å²) in [4.78, 5) is 23.3. The third-order valence-corrected chi connectivity index (χ3v) is 3.60. The predicted octanol–water partition coefficient (Wildman–Crippen LogP) is 0.965. The van der Waals surface area contributed by atoms with Crippen molar-refractivity contribution < 1.29 is 14.3 Å². The molecule has 1 saturated carbocycles. The van der Waals surface area contributed by atoms with Gasteiger partial charge in [0.05, 0.1) is 18.4 Å². The Hall–Kier alpha value is -1.10. The lowest BCUT2D eigenvalue weighted by molar-refractivity contribution is -0.143. The Balaban J connectivity index is 2.36. The second-order valence-corrected chi connectivity index (χ2v) is 4.86. The molecule has 0 aliphatic heterocycles. The Morgan fingerprint density at radius 3 is 2.50 bits per heavy atom. The molecule has 0 radical (unpaired) electrons. The van der Waals surface area contributed by atoms with Crippen molar-refractivity contribution in [3.8, 4) is 0 Å². The first kappa shape index (κ1) is 15.0. The van der Waals surface area contributed by atoms with E-state index in [0.29, 0.717) is 19.7 Å². The first-order chi connectivity index (χ1) is 8.64. The Morgan fingerprint density at radius 2 is 1.94 bits per heavy atom. The molecule has 3 N–H and O–H groups in total. The van der Waals surface area contributed by atoms with Gasteiger partial charge in [0.15, 0.2) is 0 Å². The fraction of sp³-hybridized carbons (Fsp3) is 0.846. The van der Waals surface area contributed by atoms with Gasteiger partial charge in [0.2, 0.25) is 5.91 Å². The summed E-state index contributed by atoms with van der Waals surface area (Å²) in [5.74, 6) is -0.280. The molecule has 18 heavy (non-hydrogen) atoms. The number of amides is 1. The first-order valence-corrected chi connectivity index (χ1v) is 6.78. The molecule has 0 spiro atoms. The van der Waals surface area contributed by atoms with Crippen LogP contribution in [0.15, 0.2) is 0 Å². The molecule has 5 nitrogen and oxygen atoms in total. The summed E-state index contributed by atoms with van der Waals surface area (Å²) in [6.45, 7) is 2.86. The molecule has 1 aliphatic carbocycles. The van der Waals surface area contributed by atoms with Crippen LogP contribution in [0.3, 0.4) is 0 Å². The molecule has 5 heteroatoms. The molecule has 1 aliphatic rings. The van der Waals surface area contributed by atoms with E-state index in [1.54, 1.807) is 6.92 Å². The zero-order valence-electron chi connectivity index (χ0n) is 11.2. The van der Waals surface area contributed by atoms with Gasteiger partial charge in [0.25, 0.3) is 0 Å². The summed E-state index contributed by atoms with van der Waals surface area (Å²) in [5, 5.41) is 2.81. The number of nitrogens with two attached hydrogens (primary N) is 1. The molecule has 0 heterocycles. The van der Waals surface area contributed by atoms with Crippen LogP contribution in [0.25, 0.3) is 0 Å². The summed E-state index contributed by atoms with van der Waals surface area (Å²) < 4.78 is 4.81. The number of carbonyl (C=O) groups excluding carboxylic acids is 2. The maximum atomic E-state index is 12.1. The molecule has 0 aromatic carbocycles. The minimum Gasteiger partial charge on any atom is -0.466 e. The van der Waals surface area contributed by atoms with Gasteiger partial charge in [-0.25, -0.2) is 0 Å². The van der Waals surface area contributed by atoms with Crippen LogP contribution in [-0.4, -0.2) is 31.6 Å². The van der Waals surface area contributed by atoms with Crippen molar-refractivity contribution in [3.63, 3.8) is 0 Å². The van der Waals surface area contributed by atoms with Crippen molar-refractivity contribution in [1.82, 2.24) is 5.32 Å². The van der Waals surface area contributed by atoms with Crippen molar-refractivity contribution >= 4 is 11.9 Å². The number of nitrogens with one attached hydrogen (secondary N) is 1. The third kappa shape index (κ3) is 3.98. The van der Waals surface area contributed by atoms with E-state index < -0.39 is 5.41 Å². The van der Waals surface area contributed by atoms with Gasteiger partial charge in [-0.05, 0) is 19.8 Å². The molecule has 104 valence electrons. The summed E-state index contributed by atoms with van der Waals surface area (Å²) >= 11 is 0. The summed E-state index contributed by atoms with van der Waals surface area (Å²) in [6, 6.07) is 0. The van der Waals surface area contributed by atoms with Crippen LogP contribution >= 0.6 is 0 Å². The monoisotopic (exact) mass is 256 g/mol. The summed E-state index contributed by atoms with van der Waals surface area (Å²) in [7, 11) is 0. The topological polar surface area (TPSA) is 81.4 Å². The minimum atomic E-state index is -0.410. The van der Waals surface area contributed by atoms with Gasteiger partial charge in [0, 0.05) is 13.1 Å². The number of hydrogen-bond donors (Lipinski definition) is 2. The fourth-order valence-corrected chi connectivity index (χ4v) is 2.45. The molecular formula is C13H24N2O3. The van der Waals surface area contributed by atoms with Gasteiger partial charge in [-0.15, -0.1) is 0 Å². The predicted molar refractivity (Wildman–Crippen MR) is 68.8 cm³/mol. The number of hydrogen-bond acceptors (Lipinski definition) is 4. The highest BCUT2D eigenvalue weighted by Gasteiger charge is 2.37. The van der Waals surface area contributed by atoms with Crippen molar-refractivity contribution in [2.45, 2.75) is 45.4 Å². The van der Waals surface area contributed by atoms with E-state index in [-0.39, 0.29) is 18.3 Å². The van der Waals surface area contributed by atoms with Crippen LogP contribution in [0, 0.1) is 5.41 Å². The molecule has 0 unspecified atom stereocenters. The smallest absolute Gasteiger partial charge is 0.307 e. The van der Waals surface area contributed by atoms with E-state index in [1.165, 1.54) is 6.42 Å². The maximum Gasteiger partial charge on any atom is 0.307 e.